The Kier molecular flexibility index (Phi) is 7.10. The standard InChI is InChI=1S/C19H23N3O5/c1-12-7-9-14(10-8-12)21-16(24)11-27-17(25)6-4-3-5-15(23)18-13(2)20-19(26)22-18/h7-10H,3-6,11H2,1-2H3,(H,21,24)(H2,20,22,26). The van der Waals surface area contributed by atoms with E-state index in [1.165, 1.54) is 0 Å². The molecular weight excluding hydrogens is 350 g/mol. The number of Topliss-reactive ketones (excluding diaryl/α,β-unsaturated/α-hetero) is 1. The fraction of sp³-hybridized carbons (Fsp3) is 0.368. The molecule has 0 bridgehead atoms. The molecule has 0 aliphatic heterocycles. The predicted molar refractivity (Wildman–Crippen MR) is 99.7 cm³/mol. The van der Waals surface area contributed by atoms with Gasteiger partial charge in [0, 0.05) is 24.2 Å². The summed E-state index contributed by atoms with van der Waals surface area (Å²) >= 11 is 0. The van der Waals surface area contributed by atoms with Crippen LogP contribution in [0.15, 0.2) is 29.1 Å². The van der Waals surface area contributed by atoms with Crippen molar-refractivity contribution in [2.45, 2.75) is 39.5 Å². The minimum absolute atomic E-state index is 0.119. The number of amides is 1. The van der Waals surface area contributed by atoms with Gasteiger partial charge in [-0.2, -0.15) is 0 Å². The number of anilines is 1. The van der Waals surface area contributed by atoms with Crippen LogP contribution in [0.3, 0.4) is 0 Å². The minimum atomic E-state index is -0.493. The smallest absolute Gasteiger partial charge is 0.323 e. The number of hydrogen-bond acceptors (Lipinski definition) is 5. The Balaban J connectivity index is 1.62. The van der Waals surface area contributed by atoms with Gasteiger partial charge in [-0.3, -0.25) is 14.4 Å². The maximum absolute atomic E-state index is 12.0. The number of hydrogen-bond donors (Lipinski definition) is 3. The lowest BCUT2D eigenvalue weighted by atomic mass is 10.1. The van der Waals surface area contributed by atoms with Gasteiger partial charge in [0.1, 0.15) is 5.69 Å². The molecular formula is C19H23N3O5. The number of aromatic amines is 2. The number of benzene rings is 1. The number of unbranched alkanes of at least 4 members (excludes halogenated alkanes) is 1. The van der Waals surface area contributed by atoms with Crippen molar-refractivity contribution in [2.24, 2.45) is 0 Å². The highest BCUT2D eigenvalue weighted by molar-refractivity contribution is 5.95. The van der Waals surface area contributed by atoms with E-state index in [-0.39, 0.29) is 30.9 Å². The molecule has 2 aromatic rings. The maximum atomic E-state index is 12.0. The number of nitrogens with one attached hydrogen (secondary N) is 3. The summed E-state index contributed by atoms with van der Waals surface area (Å²) < 4.78 is 4.93. The van der Waals surface area contributed by atoms with Crippen LogP contribution in [0.25, 0.3) is 0 Å². The first kappa shape index (κ1) is 20.2. The zero-order valence-corrected chi connectivity index (χ0v) is 15.4. The van der Waals surface area contributed by atoms with Crippen LogP contribution in [0.2, 0.25) is 0 Å². The molecule has 27 heavy (non-hydrogen) atoms. The molecule has 8 heteroatoms. The number of aromatic nitrogens is 2. The molecule has 8 nitrogen and oxygen atoms in total. The molecule has 0 spiro atoms. The molecule has 1 aromatic carbocycles. The molecule has 1 aromatic heterocycles. The van der Waals surface area contributed by atoms with E-state index in [1.807, 2.05) is 19.1 Å². The van der Waals surface area contributed by atoms with E-state index in [1.54, 1.807) is 19.1 Å². The van der Waals surface area contributed by atoms with Crippen molar-refractivity contribution in [1.29, 1.82) is 0 Å². The van der Waals surface area contributed by atoms with Crippen molar-refractivity contribution in [3.63, 3.8) is 0 Å². The van der Waals surface area contributed by atoms with E-state index in [0.717, 1.165) is 5.56 Å². The van der Waals surface area contributed by atoms with E-state index in [2.05, 4.69) is 15.3 Å². The number of rotatable bonds is 9. The van der Waals surface area contributed by atoms with Crippen LogP contribution in [-0.2, 0) is 14.3 Å². The Hall–Kier alpha value is -3.16. The summed E-state index contributed by atoms with van der Waals surface area (Å²) in [7, 11) is 0. The van der Waals surface area contributed by atoms with Crippen molar-refractivity contribution < 1.29 is 19.1 Å². The SMILES string of the molecule is Cc1ccc(NC(=O)COC(=O)CCCCC(=O)c2[nH]c(=O)[nH]c2C)cc1. The van der Waals surface area contributed by atoms with Gasteiger partial charge in [-0.05, 0) is 38.8 Å². The van der Waals surface area contributed by atoms with Gasteiger partial charge < -0.3 is 20.0 Å². The highest BCUT2D eigenvalue weighted by atomic mass is 16.5. The molecule has 0 aliphatic rings. The van der Waals surface area contributed by atoms with E-state index in [0.29, 0.717) is 24.2 Å². The topological polar surface area (TPSA) is 121 Å². The van der Waals surface area contributed by atoms with Gasteiger partial charge in [0.05, 0.1) is 0 Å². The fourth-order valence-electron chi connectivity index (χ4n) is 2.48. The molecule has 0 saturated carbocycles. The van der Waals surface area contributed by atoms with E-state index >= 15 is 0 Å². The number of ether oxygens (including phenoxy) is 1. The molecule has 1 amide bonds. The Morgan fingerprint density at radius 3 is 2.30 bits per heavy atom. The number of imidazole rings is 1. The monoisotopic (exact) mass is 373 g/mol. The molecule has 0 saturated heterocycles. The second-order valence-electron chi connectivity index (χ2n) is 6.28. The molecule has 3 N–H and O–H groups in total. The lowest BCUT2D eigenvalue weighted by molar-refractivity contribution is -0.147. The van der Waals surface area contributed by atoms with E-state index in [9.17, 15) is 19.2 Å². The quantitative estimate of drug-likeness (QED) is 0.354. The van der Waals surface area contributed by atoms with Gasteiger partial charge in [-0.25, -0.2) is 4.79 Å². The summed E-state index contributed by atoms with van der Waals surface area (Å²) in [4.78, 5) is 51.5. The number of carbonyl (C=O) groups is 3. The third-order valence-corrected chi connectivity index (χ3v) is 3.93. The third-order valence-electron chi connectivity index (χ3n) is 3.93. The van der Waals surface area contributed by atoms with Crippen molar-refractivity contribution in [1.82, 2.24) is 9.97 Å². The van der Waals surface area contributed by atoms with Crippen LogP contribution in [0, 0.1) is 13.8 Å². The molecule has 0 atom stereocenters. The van der Waals surface area contributed by atoms with Gasteiger partial charge in [0.15, 0.2) is 12.4 Å². The second kappa shape index (κ2) is 9.51. The summed E-state index contributed by atoms with van der Waals surface area (Å²) in [5.41, 5.74) is 2.08. The zero-order valence-electron chi connectivity index (χ0n) is 15.4. The summed E-state index contributed by atoms with van der Waals surface area (Å²) in [6.07, 6.45) is 1.28. The van der Waals surface area contributed by atoms with E-state index < -0.39 is 17.6 Å². The molecule has 0 aliphatic carbocycles. The van der Waals surface area contributed by atoms with Crippen molar-refractivity contribution in [2.75, 3.05) is 11.9 Å². The Morgan fingerprint density at radius 1 is 1.00 bits per heavy atom. The number of H-pyrrole nitrogens is 2. The van der Waals surface area contributed by atoms with Crippen LogP contribution in [-0.4, -0.2) is 34.2 Å². The molecule has 0 radical (unpaired) electrons. The molecule has 0 fully saturated rings. The molecule has 1 heterocycles. The summed E-state index contributed by atoms with van der Waals surface area (Å²) in [6, 6.07) is 7.28. The number of aryl methyl sites for hydroxylation is 2. The zero-order chi connectivity index (χ0) is 19.8. The van der Waals surface area contributed by atoms with Gasteiger partial charge in [0.2, 0.25) is 0 Å². The normalized spacial score (nSPS) is 10.4. The highest BCUT2D eigenvalue weighted by Gasteiger charge is 2.13. The lowest BCUT2D eigenvalue weighted by Gasteiger charge is -2.07. The van der Waals surface area contributed by atoms with Gasteiger partial charge in [-0.1, -0.05) is 17.7 Å². The summed E-state index contributed by atoms with van der Waals surface area (Å²) in [5, 5.41) is 2.64. The van der Waals surface area contributed by atoms with Crippen molar-refractivity contribution in [3.8, 4) is 0 Å². The lowest BCUT2D eigenvalue weighted by Crippen LogP contribution is -2.20. The average Bonchev–Trinajstić information content (AvgIpc) is 2.97. The number of carbonyl (C=O) groups excluding carboxylic acids is 3. The van der Waals surface area contributed by atoms with Crippen molar-refractivity contribution in [3.05, 3.63) is 51.7 Å². The molecule has 2 rings (SSSR count). The van der Waals surface area contributed by atoms with Crippen LogP contribution in [0.4, 0.5) is 5.69 Å². The average molecular weight is 373 g/mol. The van der Waals surface area contributed by atoms with Crippen LogP contribution in [0.5, 0.6) is 0 Å². The Morgan fingerprint density at radius 2 is 1.67 bits per heavy atom. The first-order valence-electron chi connectivity index (χ1n) is 8.69. The van der Waals surface area contributed by atoms with Crippen LogP contribution in [0.1, 0.15) is 47.4 Å². The summed E-state index contributed by atoms with van der Waals surface area (Å²) in [6.45, 7) is 3.24. The Labute approximate surface area is 156 Å². The maximum Gasteiger partial charge on any atom is 0.323 e. The van der Waals surface area contributed by atoms with Crippen LogP contribution < -0.4 is 11.0 Å². The first-order chi connectivity index (χ1) is 12.8. The first-order valence-corrected chi connectivity index (χ1v) is 8.69. The Bertz CT molecular complexity index is 864. The van der Waals surface area contributed by atoms with Crippen molar-refractivity contribution >= 4 is 23.3 Å². The molecule has 144 valence electrons. The minimum Gasteiger partial charge on any atom is -0.456 e. The largest absolute Gasteiger partial charge is 0.456 e. The fourth-order valence-corrected chi connectivity index (χ4v) is 2.48. The van der Waals surface area contributed by atoms with Gasteiger partial charge in [-0.15, -0.1) is 0 Å². The number of esters is 1. The van der Waals surface area contributed by atoms with Gasteiger partial charge >= 0.3 is 11.7 Å². The summed E-state index contributed by atoms with van der Waals surface area (Å²) in [5.74, 6) is -1.08. The predicted octanol–water partition coefficient (Wildman–Crippen LogP) is 2.24. The van der Waals surface area contributed by atoms with Gasteiger partial charge in [0.25, 0.3) is 5.91 Å². The highest BCUT2D eigenvalue weighted by Crippen LogP contribution is 2.10. The molecule has 0 unspecified atom stereocenters. The third kappa shape index (κ3) is 6.58. The van der Waals surface area contributed by atoms with Crippen LogP contribution >= 0.6 is 0 Å². The second-order valence-corrected chi connectivity index (χ2v) is 6.28. The number of ketones is 1. The van der Waals surface area contributed by atoms with E-state index in [4.69, 9.17) is 4.74 Å².